The van der Waals surface area contributed by atoms with E-state index in [1.165, 1.54) is 0 Å². The van der Waals surface area contributed by atoms with Gasteiger partial charge in [0, 0.05) is 19.6 Å². The van der Waals surface area contributed by atoms with Crippen LogP contribution in [0.1, 0.15) is 19.8 Å². The minimum Gasteiger partial charge on any atom is -0.379 e. The summed E-state index contributed by atoms with van der Waals surface area (Å²) in [6.07, 6.45) is 3.82. The number of ether oxygens (including phenoxy) is 1. The Morgan fingerprint density at radius 3 is 3.00 bits per heavy atom. The van der Waals surface area contributed by atoms with Crippen molar-refractivity contribution in [3.63, 3.8) is 0 Å². The molecule has 0 aromatic carbocycles. The molecule has 0 bridgehead atoms. The molecule has 1 aliphatic heterocycles. The van der Waals surface area contributed by atoms with Crippen molar-refractivity contribution in [2.75, 3.05) is 33.4 Å². The summed E-state index contributed by atoms with van der Waals surface area (Å²) < 4.78 is 5.39. The van der Waals surface area contributed by atoms with Crippen molar-refractivity contribution >= 4 is 5.91 Å². The first-order valence-electron chi connectivity index (χ1n) is 6.37. The number of likely N-dealkylation sites (N-methyl/N-ethyl adjacent to an activating group) is 1. The summed E-state index contributed by atoms with van der Waals surface area (Å²) in [5, 5.41) is 3.31. The number of unbranched alkanes of at least 4 members (excludes halogenated alkanes) is 1. The first-order chi connectivity index (χ1) is 8.20. The van der Waals surface area contributed by atoms with Crippen LogP contribution in [0, 0.1) is 5.92 Å². The van der Waals surface area contributed by atoms with Crippen LogP contribution in [0.4, 0.5) is 0 Å². The lowest BCUT2D eigenvalue weighted by Crippen LogP contribution is -2.44. The summed E-state index contributed by atoms with van der Waals surface area (Å²) in [4.78, 5) is 14.0. The maximum atomic E-state index is 12.2. The summed E-state index contributed by atoms with van der Waals surface area (Å²) in [7, 11) is 1.87. The first-order valence-corrected chi connectivity index (χ1v) is 6.37. The van der Waals surface area contributed by atoms with Crippen molar-refractivity contribution in [2.24, 2.45) is 5.92 Å². The van der Waals surface area contributed by atoms with Gasteiger partial charge in [-0.3, -0.25) is 4.79 Å². The van der Waals surface area contributed by atoms with Gasteiger partial charge in [0.2, 0.25) is 5.91 Å². The Balaban J connectivity index is 2.41. The highest BCUT2D eigenvalue weighted by molar-refractivity contribution is 5.79. The van der Waals surface area contributed by atoms with E-state index in [0.29, 0.717) is 13.2 Å². The third-order valence-electron chi connectivity index (χ3n) is 3.14. The largest absolute Gasteiger partial charge is 0.379 e. The molecule has 1 saturated heterocycles. The Bertz CT molecular complexity index is 256. The van der Waals surface area contributed by atoms with Gasteiger partial charge in [0.05, 0.1) is 19.1 Å². The summed E-state index contributed by atoms with van der Waals surface area (Å²) in [6, 6.07) is 0.175. The molecule has 1 rings (SSSR count). The maximum absolute atomic E-state index is 12.2. The number of rotatable bonds is 7. The van der Waals surface area contributed by atoms with Gasteiger partial charge < -0.3 is 15.0 Å². The SMILES string of the molecule is C=CCCCN(C)C(=O)C1COCC1NCC. The second-order valence-electron chi connectivity index (χ2n) is 4.50. The Hall–Kier alpha value is -0.870. The van der Waals surface area contributed by atoms with Crippen LogP contribution < -0.4 is 5.32 Å². The van der Waals surface area contributed by atoms with Gasteiger partial charge >= 0.3 is 0 Å². The smallest absolute Gasteiger partial charge is 0.229 e. The number of nitrogens with zero attached hydrogens (tertiary/aromatic N) is 1. The lowest BCUT2D eigenvalue weighted by atomic mass is 10.0. The number of allylic oxidation sites excluding steroid dienone is 1. The van der Waals surface area contributed by atoms with Crippen molar-refractivity contribution in [3.05, 3.63) is 12.7 Å². The van der Waals surface area contributed by atoms with Crippen LogP contribution >= 0.6 is 0 Å². The van der Waals surface area contributed by atoms with Gasteiger partial charge in [0.1, 0.15) is 0 Å². The molecule has 0 spiro atoms. The fourth-order valence-electron chi connectivity index (χ4n) is 2.13. The van der Waals surface area contributed by atoms with Crippen molar-refractivity contribution in [2.45, 2.75) is 25.8 Å². The average Bonchev–Trinajstić information content (AvgIpc) is 2.77. The highest BCUT2D eigenvalue weighted by Crippen LogP contribution is 2.16. The molecule has 1 fully saturated rings. The minimum absolute atomic E-state index is 0.0244. The number of carbonyl (C=O) groups excluding carboxylic acids is 1. The van der Waals surface area contributed by atoms with Gasteiger partial charge in [-0.15, -0.1) is 6.58 Å². The summed E-state index contributed by atoms with van der Waals surface area (Å²) in [5.41, 5.74) is 0. The Morgan fingerprint density at radius 2 is 2.35 bits per heavy atom. The van der Waals surface area contributed by atoms with Crippen LogP contribution in [0.3, 0.4) is 0 Å². The van der Waals surface area contributed by atoms with E-state index in [1.54, 1.807) is 0 Å². The fourth-order valence-corrected chi connectivity index (χ4v) is 2.13. The molecule has 1 heterocycles. The minimum atomic E-state index is -0.0244. The number of hydrogen-bond donors (Lipinski definition) is 1. The molecule has 0 aromatic heterocycles. The second-order valence-corrected chi connectivity index (χ2v) is 4.50. The summed E-state index contributed by atoms with van der Waals surface area (Å²) in [6.45, 7) is 8.58. The predicted octanol–water partition coefficient (Wildman–Crippen LogP) is 1.04. The third kappa shape index (κ3) is 4.13. The monoisotopic (exact) mass is 240 g/mol. The van der Waals surface area contributed by atoms with Crippen LogP contribution in [0.15, 0.2) is 12.7 Å². The molecule has 17 heavy (non-hydrogen) atoms. The first kappa shape index (κ1) is 14.2. The second kappa shape index (κ2) is 7.45. The topological polar surface area (TPSA) is 41.6 Å². The van der Waals surface area contributed by atoms with Crippen LogP contribution in [0.25, 0.3) is 0 Å². The van der Waals surface area contributed by atoms with E-state index >= 15 is 0 Å². The lowest BCUT2D eigenvalue weighted by molar-refractivity contribution is -0.134. The van der Waals surface area contributed by atoms with E-state index in [-0.39, 0.29) is 17.9 Å². The molecule has 0 radical (unpaired) electrons. The Labute approximate surface area is 104 Å². The van der Waals surface area contributed by atoms with Gasteiger partial charge in [-0.25, -0.2) is 0 Å². The molecule has 1 aliphatic rings. The van der Waals surface area contributed by atoms with Crippen LogP contribution in [-0.2, 0) is 9.53 Å². The summed E-state index contributed by atoms with van der Waals surface area (Å²) in [5.74, 6) is 0.168. The molecule has 0 saturated carbocycles. The molecule has 0 aliphatic carbocycles. The van der Waals surface area contributed by atoms with Gasteiger partial charge in [-0.1, -0.05) is 13.0 Å². The van der Waals surface area contributed by atoms with Crippen LogP contribution in [0.2, 0.25) is 0 Å². The summed E-state index contributed by atoms with van der Waals surface area (Å²) >= 11 is 0. The zero-order valence-electron chi connectivity index (χ0n) is 10.9. The average molecular weight is 240 g/mol. The molecule has 1 amide bonds. The maximum Gasteiger partial charge on any atom is 0.229 e. The predicted molar refractivity (Wildman–Crippen MR) is 68.8 cm³/mol. The third-order valence-corrected chi connectivity index (χ3v) is 3.14. The van der Waals surface area contributed by atoms with Crippen molar-refractivity contribution in [3.8, 4) is 0 Å². The normalized spacial score (nSPS) is 23.6. The van der Waals surface area contributed by atoms with E-state index in [4.69, 9.17) is 4.74 Å². The van der Waals surface area contributed by atoms with E-state index in [0.717, 1.165) is 25.9 Å². The highest BCUT2D eigenvalue weighted by atomic mass is 16.5. The quantitative estimate of drug-likeness (QED) is 0.534. The Morgan fingerprint density at radius 1 is 1.59 bits per heavy atom. The molecule has 4 nitrogen and oxygen atoms in total. The molecule has 1 N–H and O–H groups in total. The Kier molecular flexibility index (Phi) is 6.22. The molecule has 2 unspecified atom stereocenters. The van der Waals surface area contributed by atoms with E-state index in [1.807, 2.05) is 24.9 Å². The molecular formula is C13H24N2O2. The van der Waals surface area contributed by atoms with E-state index in [9.17, 15) is 4.79 Å². The highest BCUT2D eigenvalue weighted by Gasteiger charge is 2.34. The van der Waals surface area contributed by atoms with Gasteiger partial charge in [0.25, 0.3) is 0 Å². The van der Waals surface area contributed by atoms with Gasteiger partial charge in [-0.05, 0) is 19.4 Å². The van der Waals surface area contributed by atoms with Gasteiger partial charge in [-0.2, -0.15) is 0 Å². The number of hydrogen-bond acceptors (Lipinski definition) is 3. The lowest BCUT2D eigenvalue weighted by Gasteiger charge is -2.24. The van der Waals surface area contributed by atoms with Crippen molar-refractivity contribution in [1.82, 2.24) is 10.2 Å². The molecule has 4 heteroatoms. The zero-order chi connectivity index (χ0) is 12.7. The molecule has 98 valence electrons. The van der Waals surface area contributed by atoms with Gasteiger partial charge in [0.15, 0.2) is 0 Å². The molecular weight excluding hydrogens is 216 g/mol. The van der Waals surface area contributed by atoms with Crippen LogP contribution in [-0.4, -0.2) is 50.2 Å². The van der Waals surface area contributed by atoms with E-state index < -0.39 is 0 Å². The molecule has 2 atom stereocenters. The standard InChI is InChI=1S/C13H24N2O2/c1-4-6-7-8-15(3)13(16)11-9-17-10-12(11)14-5-2/h4,11-12,14H,1,5-10H2,2-3H3. The van der Waals surface area contributed by atoms with Crippen molar-refractivity contribution < 1.29 is 9.53 Å². The molecule has 0 aromatic rings. The number of nitrogens with one attached hydrogen (secondary N) is 1. The fraction of sp³-hybridized carbons (Fsp3) is 0.769. The van der Waals surface area contributed by atoms with E-state index in [2.05, 4.69) is 11.9 Å². The zero-order valence-corrected chi connectivity index (χ0v) is 10.9. The number of carbonyl (C=O) groups is 1. The van der Waals surface area contributed by atoms with Crippen LogP contribution in [0.5, 0.6) is 0 Å². The van der Waals surface area contributed by atoms with Crippen molar-refractivity contribution in [1.29, 1.82) is 0 Å². The number of amides is 1.